The van der Waals surface area contributed by atoms with Crippen LogP contribution in [0.3, 0.4) is 0 Å². The summed E-state index contributed by atoms with van der Waals surface area (Å²) < 4.78 is 5.32. The maximum Gasteiger partial charge on any atom is 0.239 e. The Balaban J connectivity index is 1.46. The molecule has 142 valence electrons. The molecule has 2 saturated heterocycles. The lowest BCUT2D eigenvalue weighted by molar-refractivity contribution is -0.132. The molecule has 0 bridgehead atoms. The van der Waals surface area contributed by atoms with Crippen LogP contribution in [-0.4, -0.2) is 62.7 Å². The number of aryl methyl sites for hydroxylation is 1. The van der Waals surface area contributed by atoms with E-state index in [1.54, 1.807) is 11.0 Å². The lowest BCUT2D eigenvalue weighted by Crippen LogP contribution is -2.40. The molecule has 26 heavy (non-hydrogen) atoms. The lowest BCUT2D eigenvalue weighted by Gasteiger charge is -2.26. The Morgan fingerprint density at radius 3 is 2.81 bits per heavy atom. The molecule has 2 amide bonds. The number of halogens is 1. The van der Waals surface area contributed by atoms with Gasteiger partial charge >= 0.3 is 0 Å². The summed E-state index contributed by atoms with van der Waals surface area (Å²) in [5.74, 6) is -0.878. The minimum absolute atomic E-state index is 0.127. The summed E-state index contributed by atoms with van der Waals surface area (Å²) in [5.41, 5.74) is 1.73. The van der Waals surface area contributed by atoms with Crippen LogP contribution in [0.1, 0.15) is 18.4 Å². The van der Waals surface area contributed by atoms with E-state index >= 15 is 0 Å². The fourth-order valence-electron chi connectivity index (χ4n) is 3.44. The summed E-state index contributed by atoms with van der Waals surface area (Å²) in [6.45, 7) is 7.47. The SMILES string of the molecule is Cc1cc(N2CC[C@H](C(=O)NCCCN3CCOCC3)C2=O)ccc1Cl. The number of carbonyl (C=O) groups excluding carboxylic acids is 2. The van der Waals surface area contributed by atoms with Crippen molar-refractivity contribution in [1.82, 2.24) is 10.2 Å². The second-order valence-corrected chi connectivity index (χ2v) is 7.27. The molecule has 2 fully saturated rings. The molecular formula is C19H26ClN3O3. The summed E-state index contributed by atoms with van der Waals surface area (Å²) >= 11 is 6.05. The summed E-state index contributed by atoms with van der Waals surface area (Å²) in [7, 11) is 0. The largest absolute Gasteiger partial charge is 0.379 e. The molecular weight excluding hydrogens is 354 g/mol. The highest BCUT2D eigenvalue weighted by Gasteiger charge is 2.37. The van der Waals surface area contributed by atoms with Crippen molar-refractivity contribution in [2.45, 2.75) is 19.8 Å². The average Bonchev–Trinajstić information content (AvgIpc) is 3.03. The lowest BCUT2D eigenvalue weighted by atomic mass is 10.1. The maximum absolute atomic E-state index is 12.6. The molecule has 6 nitrogen and oxygen atoms in total. The maximum atomic E-state index is 12.6. The van der Waals surface area contributed by atoms with Crippen LogP contribution in [0.25, 0.3) is 0 Å². The van der Waals surface area contributed by atoms with Gasteiger partial charge in [0.25, 0.3) is 0 Å². The number of anilines is 1. The van der Waals surface area contributed by atoms with Gasteiger partial charge in [-0.15, -0.1) is 0 Å². The number of nitrogens with zero attached hydrogens (tertiary/aromatic N) is 2. The van der Waals surface area contributed by atoms with Crippen LogP contribution in [0.5, 0.6) is 0 Å². The van der Waals surface area contributed by atoms with Gasteiger partial charge in [0.2, 0.25) is 11.8 Å². The Bertz CT molecular complexity index is 661. The quantitative estimate of drug-likeness (QED) is 0.605. The monoisotopic (exact) mass is 379 g/mol. The molecule has 0 saturated carbocycles. The first kappa shape index (κ1) is 19.1. The first-order chi connectivity index (χ1) is 12.6. The molecule has 0 radical (unpaired) electrons. The predicted molar refractivity (Wildman–Crippen MR) is 102 cm³/mol. The molecule has 0 unspecified atom stereocenters. The molecule has 1 aromatic rings. The fourth-order valence-corrected chi connectivity index (χ4v) is 3.56. The van der Waals surface area contributed by atoms with Gasteiger partial charge < -0.3 is 15.0 Å². The third-order valence-electron chi connectivity index (χ3n) is 5.03. The van der Waals surface area contributed by atoms with Gasteiger partial charge in [-0.3, -0.25) is 14.5 Å². The van der Waals surface area contributed by atoms with Crippen LogP contribution in [0.4, 0.5) is 5.69 Å². The predicted octanol–water partition coefficient (Wildman–Crippen LogP) is 1.84. The van der Waals surface area contributed by atoms with E-state index in [4.69, 9.17) is 16.3 Å². The van der Waals surface area contributed by atoms with Crippen molar-refractivity contribution in [2.75, 3.05) is 50.8 Å². The highest BCUT2D eigenvalue weighted by atomic mass is 35.5. The van der Waals surface area contributed by atoms with Crippen molar-refractivity contribution in [3.8, 4) is 0 Å². The van der Waals surface area contributed by atoms with Crippen molar-refractivity contribution < 1.29 is 14.3 Å². The molecule has 0 aromatic heterocycles. The smallest absolute Gasteiger partial charge is 0.239 e. The standard InChI is InChI=1S/C19H26ClN3O3/c1-14-13-15(3-4-17(14)20)23-8-5-16(19(23)25)18(24)21-6-2-7-22-9-11-26-12-10-22/h3-4,13,16H,2,5-12H2,1H3,(H,21,24)/t16-/m1/s1. The highest BCUT2D eigenvalue weighted by molar-refractivity contribution is 6.31. The van der Waals surface area contributed by atoms with Gasteiger partial charge in [-0.25, -0.2) is 0 Å². The first-order valence-electron chi connectivity index (χ1n) is 9.21. The third-order valence-corrected chi connectivity index (χ3v) is 5.45. The molecule has 2 aliphatic rings. The van der Waals surface area contributed by atoms with Gasteiger partial charge in [-0.2, -0.15) is 0 Å². The van der Waals surface area contributed by atoms with Crippen molar-refractivity contribution in [1.29, 1.82) is 0 Å². The van der Waals surface area contributed by atoms with E-state index in [0.717, 1.165) is 50.5 Å². The van der Waals surface area contributed by atoms with Gasteiger partial charge in [-0.1, -0.05) is 11.6 Å². The van der Waals surface area contributed by atoms with Crippen LogP contribution in [-0.2, 0) is 14.3 Å². The molecule has 0 aliphatic carbocycles. The first-order valence-corrected chi connectivity index (χ1v) is 9.59. The molecule has 1 atom stereocenters. The molecule has 2 aliphatic heterocycles. The van der Waals surface area contributed by atoms with Gasteiger partial charge in [0, 0.05) is 36.9 Å². The summed E-state index contributed by atoms with van der Waals surface area (Å²) in [5, 5.41) is 3.60. The van der Waals surface area contributed by atoms with E-state index in [-0.39, 0.29) is 11.8 Å². The Labute approximate surface area is 159 Å². The normalized spacial score (nSPS) is 21.2. The van der Waals surface area contributed by atoms with Gasteiger partial charge in [-0.05, 0) is 50.1 Å². The van der Waals surface area contributed by atoms with Crippen LogP contribution >= 0.6 is 11.6 Å². The summed E-state index contributed by atoms with van der Waals surface area (Å²) in [6.07, 6.45) is 1.43. The van der Waals surface area contributed by atoms with Crippen molar-refractivity contribution in [3.63, 3.8) is 0 Å². The zero-order valence-corrected chi connectivity index (χ0v) is 15.9. The Morgan fingerprint density at radius 2 is 2.08 bits per heavy atom. The van der Waals surface area contributed by atoms with Crippen molar-refractivity contribution in [2.24, 2.45) is 5.92 Å². The van der Waals surface area contributed by atoms with E-state index in [1.807, 2.05) is 19.1 Å². The second kappa shape index (κ2) is 8.84. The Kier molecular flexibility index (Phi) is 6.51. The second-order valence-electron chi connectivity index (χ2n) is 6.86. The topological polar surface area (TPSA) is 61.9 Å². The molecule has 1 N–H and O–H groups in total. The van der Waals surface area contributed by atoms with Crippen molar-refractivity contribution in [3.05, 3.63) is 28.8 Å². The van der Waals surface area contributed by atoms with Crippen LogP contribution in [0.2, 0.25) is 5.02 Å². The Morgan fingerprint density at radius 1 is 1.31 bits per heavy atom. The minimum atomic E-state index is -0.589. The number of rotatable bonds is 6. The third kappa shape index (κ3) is 4.55. The zero-order valence-electron chi connectivity index (χ0n) is 15.2. The highest BCUT2D eigenvalue weighted by Crippen LogP contribution is 2.28. The zero-order chi connectivity index (χ0) is 18.5. The van der Waals surface area contributed by atoms with E-state index < -0.39 is 5.92 Å². The number of benzene rings is 1. The van der Waals surface area contributed by atoms with E-state index in [2.05, 4.69) is 10.2 Å². The number of nitrogens with one attached hydrogen (secondary N) is 1. The molecule has 1 aromatic carbocycles. The number of ether oxygens (including phenoxy) is 1. The van der Waals surface area contributed by atoms with E-state index in [0.29, 0.717) is 24.5 Å². The average molecular weight is 380 g/mol. The minimum Gasteiger partial charge on any atom is -0.379 e. The number of morpholine rings is 1. The molecule has 3 rings (SSSR count). The molecule has 7 heteroatoms. The molecule has 0 spiro atoms. The Hall–Kier alpha value is -1.63. The molecule has 2 heterocycles. The van der Waals surface area contributed by atoms with E-state index in [9.17, 15) is 9.59 Å². The van der Waals surface area contributed by atoms with E-state index in [1.165, 1.54) is 0 Å². The van der Waals surface area contributed by atoms with Crippen molar-refractivity contribution >= 4 is 29.1 Å². The number of hydrogen-bond donors (Lipinski definition) is 1. The fraction of sp³-hybridized carbons (Fsp3) is 0.579. The number of amides is 2. The van der Waals surface area contributed by atoms with Gasteiger partial charge in [0.15, 0.2) is 0 Å². The van der Waals surface area contributed by atoms with Crippen LogP contribution in [0.15, 0.2) is 18.2 Å². The van der Waals surface area contributed by atoms with Crippen LogP contribution < -0.4 is 10.2 Å². The van der Waals surface area contributed by atoms with Gasteiger partial charge in [0.1, 0.15) is 5.92 Å². The van der Waals surface area contributed by atoms with Crippen LogP contribution in [0, 0.1) is 12.8 Å². The number of carbonyl (C=O) groups is 2. The summed E-state index contributed by atoms with van der Waals surface area (Å²) in [4.78, 5) is 29.0. The summed E-state index contributed by atoms with van der Waals surface area (Å²) in [6, 6.07) is 5.51. The van der Waals surface area contributed by atoms with Gasteiger partial charge in [0.05, 0.1) is 13.2 Å². The number of hydrogen-bond acceptors (Lipinski definition) is 4.